The molecule has 0 saturated heterocycles. The van der Waals surface area contributed by atoms with E-state index in [0.29, 0.717) is 12.0 Å². The first kappa shape index (κ1) is 16.6. The van der Waals surface area contributed by atoms with Crippen LogP contribution in [-0.2, 0) is 4.43 Å². The fraction of sp³-hybridized carbons (Fsp3) is 0.556. The predicted molar refractivity (Wildman–Crippen MR) is 98.4 cm³/mol. The van der Waals surface area contributed by atoms with Crippen molar-refractivity contribution >= 4 is 29.9 Å². The van der Waals surface area contributed by atoms with Gasteiger partial charge in [0.2, 0.25) is 0 Å². The largest absolute Gasteiger partial charge is 0.414 e. The zero-order valence-corrected chi connectivity index (χ0v) is 16.3. The summed E-state index contributed by atoms with van der Waals surface area (Å²) in [6.07, 6.45) is 2.36. The second-order valence-electron chi connectivity index (χ2n) is 8.01. The summed E-state index contributed by atoms with van der Waals surface area (Å²) in [5, 5.41) is 9.69. The van der Waals surface area contributed by atoms with Crippen LogP contribution in [0.5, 0.6) is 0 Å². The molecule has 0 bridgehead atoms. The Kier molecular flexibility index (Phi) is 4.12. The van der Waals surface area contributed by atoms with Gasteiger partial charge in [-0.3, -0.25) is 0 Å². The van der Waals surface area contributed by atoms with Gasteiger partial charge < -0.3 is 4.43 Å². The van der Waals surface area contributed by atoms with Gasteiger partial charge in [0.05, 0.1) is 27.4 Å². The van der Waals surface area contributed by atoms with Crippen molar-refractivity contribution in [2.24, 2.45) is 0 Å². The monoisotopic (exact) mass is 344 g/mol. The lowest BCUT2D eigenvalue weighted by Gasteiger charge is -2.45. The molecule has 1 aliphatic carbocycles. The van der Waals surface area contributed by atoms with Crippen LogP contribution in [0.4, 0.5) is 0 Å². The zero-order valence-electron chi connectivity index (χ0n) is 14.5. The first-order valence-electron chi connectivity index (χ1n) is 8.17. The van der Waals surface area contributed by atoms with E-state index < -0.39 is 8.32 Å². The third-order valence-corrected chi connectivity index (χ3v) is 10.8. The van der Waals surface area contributed by atoms with Gasteiger partial charge in [-0.05, 0) is 49.0 Å². The van der Waals surface area contributed by atoms with Crippen LogP contribution in [0.1, 0.15) is 50.7 Å². The molecule has 1 heterocycles. The molecule has 23 heavy (non-hydrogen) atoms. The Morgan fingerprint density at radius 2 is 2.00 bits per heavy atom. The van der Waals surface area contributed by atoms with Crippen LogP contribution in [0.15, 0.2) is 17.6 Å². The molecule has 0 N–H and O–H groups in total. The average molecular weight is 345 g/mol. The third kappa shape index (κ3) is 2.96. The molecular formula is C18H24N2OSSi. The summed E-state index contributed by atoms with van der Waals surface area (Å²) in [7, 11) is -1.71. The Balaban J connectivity index is 1.78. The maximum atomic E-state index is 9.44. The first-order chi connectivity index (χ1) is 10.7. The Hall–Kier alpha value is -1.22. The van der Waals surface area contributed by atoms with Crippen LogP contribution >= 0.6 is 11.3 Å². The molecule has 1 aliphatic rings. The number of hydrogen-bond acceptors (Lipinski definition) is 4. The Morgan fingerprint density at radius 1 is 1.30 bits per heavy atom. The summed E-state index contributed by atoms with van der Waals surface area (Å²) < 4.78 is 7.67. The lowest BCUT2D eigenvalue weighted by atomic mass is 9.76. The van der Waals surface area contributed by atoms with E-state index >= 15 is 0 Å². The van der Waals surface area contributed by atoms with Crippen LogP contribution in [0, 0.1) is 11.3 Å². The molecule has 5 heteroatoms. The fourth-order valence-electron chi connectivity index (χ4n) is 2.95. The molecule has 0 atom stereocenters. The standard InChI is InChI=1S/C18H24N2OSSi/c1-18(2,3)23(4,5)21-14-8-13(9-14)16-12(10-19)6-7-15-17(16)20-11-22-15/h6-7,11,13-14H,8-9H2,1-5H3. The van der Waals surface area contributed by atoms with Gasteiger partial charge in [0.25, 0.3) is 0 Å². The minimum absolute atomic E-state index is 0.241. The molecule has 0 aliphatic heterocycles. The molecule has 1 fully saturated rings. The summed E-state index contributed by atoms with van der Waals surface area (Å²) in [5.41, 5.74) is 4.81. The molecule has 3 rings (SSSR count). The highest BCUT2D eigenvalue weighted by Crippen LogP contribution is 2.46. The van der Waals surface area contributed by atoms with Crippen molar-refractivity contribution in [2.45, 2.75) is 63.8 Å². The summed E-state index contributed by atoms with van der Waals surface area (Å²) in [6, 6.07) is 6.30. The quantitative estimate of drug-likeness (QED) is 0.697. The van der Waals surface area contributed by atoms with Gasteiger partial charge in [0.15, 0.2) is 8.32 Å². The van der Waals surface area contributed by atoms with Crippen LogP contribution in [0.3, 0.4) is 0 Å². The van der Waals surface area contributed by atoms with Crippen molar-refractivity contribution in [1.29, 1.82) is 5.26 Å². The molecule has 1 aromatic carbocycles. The number of nitrogens with zero attached hydrogens (tertiary/aromatic N) is 2. The van der Waals surface area contributed by atoms with Gasteiger partial charge >= 0.3 is 0 Å². The molecule has 2 aromatic rings. The number of thiazole rings is 1. The number of aromatic nitrogens is 1. The molecule has 1 saturated carbocycles. The third-order valence-electron chi connectivity index (χ3n) is 5.43. The molecule has 3 nitrogen and oxygen atoms in total. The number of nitriles is 1. The molecular weight excluding hydrogens is 320 g/mol. The maximum absolute atomic E-state index is 9.44. The van der Waals surface area contributed by atoms with Crippen molar-refractivity contribution in [3.05, 3.63) is 28.8 Å². The van der Waals surface area contributed by atoms with Crippen LogP contribution in [0.2, 0.25) is 18.1 Å². The predicted octanol–water partition coefficient (Wildman–Crippen LogP) is 5.44. The Labute approximate surface area is 143 Å². The molecule has 0 amide bonds. The van der Waals surface area contributed by atoms with E-state index in [0.717, 1.165) is 29.5 Å². The van der Waals surface area contributed by atoms with Crippen molar-refractivity contribution in [3.63, 3.8) is 0 Å². The normalized spacial score (nSPS) is 21.9. The van der Waals surface area contributed by atoms with Crippen molar-refractivity contribution < 1.29 is 4.43 Å². The highest BCUT2D eigenvalue weighted by Gasteiger charge is 2.43. The van der Waals surface area contributed by atoms with Gasteiger partial charge in [0, 0.05) is 11.7 Å². The van der Waals surface area contributed by atoms with Gasteiger partial charge in [-0.15, -0.1) is 11.3 Å². The van der Waals surface area contributed by atoms with E-state index in [2.05, 4.69) is 44.9 Å². The lowest BCUT2D eigenvalue weighted by Crippen LogP contribution is -2.47. The second-order valence-corrected chi connectivity index (χ2v) is 13.6. The molecule has 0 radical (unpaired) electrons. The molecule has 1 aromatic heterocycles. The highest BCUT2D eigenvalue weighted by molar-refractivity contribution is 7.16. The SMILES string of the molecule is CC(C)(C)[Si](C)(C)OC1CC(c2c(C#N)ccc3scnc23)C1. The van der Waals surface area contributed by atoms with Gasteiger partial charge in [-0.25, -0.2) is 4.98 Å². The van der Waals surface area contributed by atoms with E-state index in [4.69, 9.17) is 4.43 Å². The minimum Gasteiger partial charge on any atom is -0.414 e. The summed E-state index contributed by atoms with van der Waals surface area (Å²) in [6.45, 7) is 11.4. The molecule has 0 unspecified atom stereocenters. The number of rotatable bonds is 3. The van der Waals surface area contributed by atoms with Gasteiger partial charge in [-0.2, -0.15) is 5.26 Å². The van der Waals surface area contributed by atoms with Crippen LogP contribution in [-0.4, -0.2) is 19.4 Å². The smallest absolute Gasteiger partial charge is 0.192 e. The topological polar surface area (TPSA) is 45.9 Å². The van der Waals surface area contributed by atoms with E-state index in [1.54, 1.807) is 11.3 Å². The second kappa shape index (κ2) is 5.69. The van der Waals surface area contributed by atoms with E-state index in [1.165, 1.54) is 4.70 Å². The summed E-state index contributed by atoms with van der Waals surface area (Å²) >= 11 is 1.64. The van der Waals surface area contributed by atoms with Gasteiger partial charge in [0.1, 0.15) is 0 Å². The Morgan fingerprint density at radius 3 is 2.61 bits per heavy atom. The van der Waals surface area contributed by atoms with Crippen LogP contribution < -0.4 is 0 Å². The van der Waals surface area contributed by atoms with E-state index in [1.807, 2.05) is 17.6 Å². The van der Waals surface area contributed by atoms with E-state index in [-0.39, 0.29) is 5.04 Å². The van der Waals surface area contributed by atoms with Crippen molar-refractivity contribution in [2.75, 3.05) is 0 Å². The van der Waals surface area contributed by atoms with Crippen molar-refractivity contribution in [1.82, 2.24) is 4.98 Å². The van der Waals surface area contributed by atoms with E-state index in [9.17, 15) is 5.26 Å². The fourth-order valence-corrected chi connectivity index (χ4v) is 5.03. The highest BCUT2D eigenvalue weighted by atomic mass is 32.1. The summed E-state index contributed by atoms with van der Waals surface area (Å²) in [4.78, 5) is 4.50. The number of fused-ring (bicyclic) bond motifs is 1. The van der Waals surface area contributed by atoms with Crippen LogP contribution in [0.25, 0.3) is 10.2 Å². The molecule has 0 spiro atoms. The number of hydrogen-bond donors (Lipinski definition) is 0. The zero-order chi connectivity index (χ0) is 16.8. The first-order valence-corrected chi connectivity index (χ1v) is 12.0. The average Bonchev–Trinajstić information content (AvgIpc) is 2.88. The molecule has 122 valence electrons. The lowest BCUT2D eigenvalue weighted by molar-refractivity contribution is 0.0845. The summed E-state index contributed by atoms with van der Waals surface area (Å²) in [5.74, 6) is 0.408. The maximum Gasteiger partial charge on any atom is 0.192 e. The number of benzene rings is 1. The minimum atomic E-state index is -1.71. The van der Waals surface area contributed by atoms with Crippen molar-refractivity contribution in [3.8, 4) is 6.07 Å². The van der Waals surface area contributed by atoms with Gasteiger partial charge in [-0.1, -0.05) is 20.8 Å². The Bertz CT molecular complexity index is 763.